The predicted molar refractivity (Wildman–Crippen MR) is 66.3 cm³/mol. The van der Waals surface area contributed by atoms with Gasteiger partial charge in [0.1, 0.15) is 0 Å². The third-order valence-electron chi connectivity index (χ3n) is 4.03. The molecule has 1 saturated carbocycles. The van der Waals surface area contributed by atoms with Crippen LogP contribution in [0.2, 0.25) is 0 Å². The van der Waals surface area contributed by atoms with Crippen LogP contribution in [0, 0.1) is 0 Å². The number of carboxylic acid groups (broad SMARTS) is 1. The molecule has 2 aliphatic rings. The van der Waals surface area contributed by atoms with E-state index in [0.717, 1.165) is 45.4 Å². The highest BCUT2D eigenvalue weighted by Crippen LogP contribution is 2.24. The molecule has 17 heavy (non-hydrogen) atoms. The third kappa shape index (κ3) is 3.57. The van der Waals surface area contributed by atoms with E-state index in [4.69, 9.17) is 5.11 Å². The number of rotatable bonds is 2. The van der Waals surface area contributed by atoms with E-state index in [9.17, 15) is 4.79 Å². The van der Waals surface area contributed by atoms with Crippen molar-refractivity contribution in [2.24, 2.45) is 0 Å². The summed E-state index contributed by atoms with van der Waals surface area (Å²) in [6.45, 7) is 4.52. The summed E-state index contributed by atoms with van der Waals surface area (Å²) in [5, 5.41) is 11.4. The second-order valence-electron chi connectivity index (χ2n) is 5.31. The minimum atomic E-state index is -0.881. The standard InChI is InChI=1S/C12H23N3O2/c1-14-5-7-15(8-6-14)11-4-2-3-10(9-11)13-12(16)17/h10-11,13H,2-9H2,1H3,(H,16,17)/t10-,11+/m1/s1. The van der Waals surface area contributed by atoms with E-state index in [-0.39, 0.29) is 6.04 Å². The molecule has 1 saturated heterocycles. The highest BCUT2D eigenvalue weighted by Gasteiger charge is 2.28. The Balaban J connectivity index is 1.82. The SMILES string of the molecule is CN1CCN([C@H]2CCC[C@@H](NC(=O)O)C2)CC1. The summed E-state index contributed by atoms with van der Waals surface area (Å²) < 4.78 is 0. The topological polar surface area (TPSA) is 55.8 Å². The normalized spacial score (nSPS) is 32.3. The Hall–Kier alpha value is -0.810. The van der Waals surface area contributed by atoms with Crippen LogP contribution in [0.5, 0.6) is 0 Å². The zero-order valence-electron chi connectivity index (χ0n) is 10.6. The van der Waals surface area contributed by atoms with Crippen LogP contribution in [0.4, 0.5) is 4.79 Å². The Kier molecular flexibility index (Phi) is 4.23. The van der Waals surface area contributed by atoms with Crippen LogP contribution >= 0.6 is 0 Å². The van der Waals surface area contributed by atoms with Crippen LogP contribution in [-0.2, 0) is 0 Å². The first kappa shape index (κ1) is 12.6. The second-order valence-corrected chi connectivity index (χ2v) is 5.31. The van der Waals surface area contributed by atoms with Gasteiger partial charge in [0.2, 0.25) is 0 Å². The highest BCUT2D eigenvalue weighted by molar-refractivity contribution is 5.64. The van der Waals surface area contributed by atoms with Gasteiger partial charge in [-0.25, -0.2) is 4.79 Å². The van der Waals surface area contributed by atoms with E-state index in [0.29, 0.717) is 6.04 Å². The lowest BCUT2D eigenvalue weighted by atomic mass is 9.89. The van der Waals surface area contributed by atoms with E-state index in [1.165, 1.54) is 6.42 Å². The molecule has 1 heterocycles. The molecule has 1 aliphatic heterocycles. The molecule has 0 aromatic rings. The fourth-order valence-electron chi connectivity index (χ4n) is 2.99. The van der Waals surface area contributed by atoms with Crippen molar-refractivity contribution in [1.29, 1.82) is 0 Å². The largest absolute Gasteiger partial charge is 0.465 e. The van der Waals surface area contributed by atoms with Gasteiger partial charge in [0.25, 0.3) is 0 Å². The summed E-state index contributed by atoms with van der Waals surface area (Å²) in [5.74, 6) is 0. The van der Waals surface area contributed by atoms with Gasteiger partial charge in [-0.15, -0.1) is 0 Å². The molecular weight excluding hydrogens is 218 g/mol. The van der Waals surface area contributed by atoms with E-state index >= 15 is 0 Å². The number of hydrogen-bond donors (Lipinski definition) is 2. The molecular formula is C12H23N3O2. The minimum Gasteiger partial charge on any atom is -0.465 e. The Morgan fingerprint density at radius 3 is 2.59 bits per heavy atom. The number of piperazine rings is 1. The molecule has 98 valence electrons. The van der Waals surface area contributed by atoms with Crippen molar-refractivity contribution < 1.29 is 9.90 Å². The zero-order valence-corrected chi connectivity index (χ0v) is 10.6. The second kappa shape index (κ2) is 5.69. The lowest BCUT2D eigenvalue weighted by Gasteiger charge is -2.41. The van der Waals surface area contributed by atoms with Gasteiger partial charge in [-0.3, -0.25) is 4.90 Å². The van der Waals surface area contributed by atoms with E-state index in [2.05, 4.69) is 22.2 Å². The maximum atomic E-state index is 10.7. The highest BCUT2D eigenvalue weighted by atomic mass is 16.4. The molecule has 0 radical (unpaired) electrons. The van der Waals surface area contributed by atoms with Crippen molar-refractivity contribution in [3.8, 4) is 0 Å². The molecule has 0 bridgehead atoms. The first-order chi connectivity index (χ1) is 8.15. The van der Waals surface area contributed by atoms with Gasteiger partial charge in [-0.1, -0.05) is 0 Å². The van der Waals surface area contributed by atoms with Crippen LogP contribution in [0.3, 0.4) is 0 Å². The summed E-state index contributed by atoms with van der Waals surface area (Å²) in [6, 6.07) is 0.736. The maximum Gasteiger partial charge on any atom is 0.404 e. The third-order valence-corrected chi connectivity index (χ3v) is 4.03. The molecule has 2 fully saturated rings. The molecule has 1 amide bonds. The molecule has 0 aromatic heterocycles. The van der Waals surface area contributed by atoms with E-state index < -0.39 is 6.09 Å². The average Bonchev–Trinajstić information content (AvgIpc) is 2.29. The Labute approximate surface area is 103 Å². The molecule has 5 nitrogen and oxygen atoms in total. The first-order valence-corrected chi connectivity index (χ1v) is 6.57. The fourth-order valence-corrected chi connectivity index (χ4v) is 2.99. The van der Waals surface area contributed by atoms with Gasteiger partial charge in [-0.05, 0) is 32.7 Å². The monoisotopic (exact) mass is 241 g/mol. The zero-order chi connectivity index (χ0) is 12.3. The van der Waals surface area contributed by atoms with Gasteiger partial charge in [-0.2, -0.15) is 0 Å². The van der Waals surface area contributed by atoms with Gasteiger partial charge in [0.15, 0.2) is 0 Å². The number of nitrogens with zero attached hydrogens (tertiary/aromatic N) is 2. The van der Waals surface area contributed by atoms with Crippen LogP contribution < -0.4 is 5.32 Å². The predicted octanol–water partition coefficient (Wildman–Crippen LogP) is 0.813. The number of hydrogen-bond acceptors (Lipinski definition) is 3. The van der Waals surface area contributed by atoms with Crippen LogP contribution in [0.15, 0.2) is 0 Å². The van der Waals surface area contributed by atoms with Crippen LogP contribution in [-0.4, -0.2) is 66.3 Å². The lowest BCUT2D eigenvalue weighted by Crippen LogP contribution is -2.52. The number of likely N-dealkylation sites (N-methyl/N-ethyl adjacent to an activating group) is 1. The molecule has 0 aromatic carbocycles. The van der Waals surface area contributed by atoms with Gasteiger partial charge in [0.05, 0.1) is 0 Å². The Morgan fingerprint density at radius 2 is 1.94 bits per heavy atom. The van der Waals surface area contributed by atoms with Gasteiger partial charge in [0, 0.05) is 38.3 Å². The lowest BCUT2D eigenvalue weighted by molar-refractivity contribution is 0.0823. The van der Waals surface area contributed by atoms with Crippen molar-refractivity contribution in [2.45, 2.75) is 37.8 Å². The number of nitrogens with one attached hydrogen (secondary N) is 1. The first-order valence-electron chi connectivity index (χ1n) is 6.57. The Morgan fingerprint density at radius 1 is 1.24 bits per heavy atom. The minimum absolute atomic E-state index is 0.158. The smallest absolute Gasteiger partial charge is 0.404 e. The molecule has 2 atom stereocenters. The van der Waals surface area contributed by atoms with Crippen molar-refractivity contribution in [3.63, 3.8) is 0 Å². The van der Waals surface area contributed by atoms with Crippen molar-refractivity contribution in [1.82, 2.24) is 15.1 Å². The summed E-state index contributed by atoms with van der Waals surface area (Å²) >= 11 is 0. The molecule has 1 aliphatic carbocycles. The van der Waals surface area contributed by atoms with Crippen molar-refractivity contribution >= 4 is 6.09 Å². The molecule has 2 rings (SSSR count). The van der Waals surface area contributed by atoms with Crippen LogP contribution in [0.25, 0.3) is 0 Å². The van der Waals surface area contributed by atoms with E-state index in [1.807, 2.05) is 0 Å². The number of carbonyl (C=O) groups is 1. The summed E-state index contributed by atoms with van der Waals surface area (Å²) in [5.41, 5.74) is 0. The fraction of sp³-hybridized carbons (Fsp3) is 0.917. The molecule has 0 spiro atoms. The van der Waals surface area contributed by atoms with Crippen LogP contribution in [0.1, 0.15) is 25.7 Å². The summed E-state index contributed by atoms with van der Waals surface area (Å²) in [6.07, 6.45) is 3.46. The Bertz CT molecular complexity index is 264. The molecule has 5 heteroatoms. The van der Waals surface area contributed by atoms with Crippen molar-refractivity contribution in [2.75, 3.05) is 33.2 Å². The molecule has 2 N–H and O–H groups in total. The quantitative estimate of drug-likeness (QED) is 0.751. The summed E-state index contributed by atoms with van der Waals surface area (Å²) in [4.78, 5) is 15.6. The summed E-state index contributed by atoms with van der Waals surface area (Å²) in [7, 11) is 2.16. The van der Waals surface area contributed by atoms with Gasteiger partial charge < -0.3 is 15.3 Å². The molecule has 0 unspecified atom stereocenters. The average molecular weight is 241 g/mol. The number of amides is 1. The van der Waals surface area contributed by atoms with Crippen molar-refractivity contribution in [3.05, 3.63) is 0 Å². The van der Waals surface area contributed by atoms with E-state index in [1.54, 1.807) is 0 Å². The maximum absolute atomic E-state index is 10.7. The van der Waals surface area contributed by atoms with Gasteiger partial charge >= 0.3 is 6.09 Å².